The van der Waals surface area contributed by atoms with Crippen molar-refractivity contribution >= 4 is 34.6 Å². The van der Waals surface area contributed by atoms with E-state index >= 15 is 0 Å². The molecular weight excluding hydrogens is 320 g/mol. The average Bonchev–Trinajstić information content (AvgIpc) is 3.27. The van der Waals surface area contributed by atoms with Crippen LogP contribution in [0.1, 0.15) is 39.0 Å². The predicted octanol–water partition coefficient (Wildman–Crippen LogP) is 1.99. The van der Waals surface area contributed by atoms with Gasteiger partial charge in [0, 0.05) is 25.6 Å². The Kier molecular flexibility index (Phi) is 4.91. The summed E-state index contributed by atoms with van der Waals surface area (Å²) in [5.74, 6) is 0.125. The molecule has 1 aliphatic carbocycles. The number of piperidine rings is 1. The fraction of sp³-hybridized carbons (Fsp3) is 0.786. The van der Waals surface area contributed by atoms with Gasteiger partial charge >= 0.3 is 0 Å². The van der Waals surface area contributed by atoms with E-state index in [-0.39, 0.29) is 12.0 Å². The van der Waals surface area contributed by atoms with E-state index in [9.17, 15) is 9.90 Å². The van der Waals surface area contributed by atoms with Gasteiger partial charge in [-0.2, -0.15) is 0 Å². The smallest absolute Gasteiger partial charge is 0.228 e. The lowest BCUT2D eigenvalue weighted by atomic mass is 10.1. The lowest BCUT2D eigenvalue weighted by Crippen LogP contribution is -2.37. The second-order valence-corrected chi connectivity index (χ2v) is 7.59. The van der Waals surface area contributed by atoms with E-state index in [2.05, 4.69) is 10.00 Å². The number of carbonyl (C=O) groups excluding carboxylic acids is 1. The van der Waals surface area contributed by atoms with E-state index in [4.69, 9.17) is 12.2 Å². The van der Waals surface area contributed by atoms with Crippen LogP contribution in [0.5, 0.6) is 0 Å². The van der Waals surface area contributed by atoms with Crippen molar-refractivity contribution in [2.75, 3.05) is 18.0 Å². The summed E-state index contributed by atoms with van der Waals surface area (Å²) in [6.45, 7) is 4.24. The second-order valence-electron chi connectivity index (χ2n) is 5.99. The van der Waals surface area contributed by atoms with Crippen LogP contribution in [0.15, 0.2) is 0 Å². The molecule has 0 unspecified atom stereocenters. The Balaban J connectivity index is 1.72. The quantitative estimate of drug-likeness (QED) is 0.829. The number of aromatic nitrogens is 2. The molecule has 1 aromatic rings. The number of carbonyl (C=O) groups is 1. The minimum Gasteiger partial charge on any atom is -0.393 e. The van der Waals surface area contributed by atoms with Crippen LogP contribution < -0.4 is 4.90 Å². The fourth-order valence-corrected chi connectivity index (χ4v) is 3.87. The fourth-order valence-electron chi connectivity index (χ4n) is 2.70. The maximum absolute atomic E-state index is 12.2. The van der Waals surface area contributed by atoms with Gasteiger partial charge in [-0.15, -0.1) is 5.10 Å². The number of likely N-dealkylation sites (tertiary alicyclic amines) is 1. The third-order valence-electron chi connectivity index (χ3n) is 4.18. The van der Waals surface area contributed by atoms with E-state index in [0.717, 1.165) is 43.9 Å². The van der Waals surface area contributed by atoms with Gasteiger partial charge < -0.3 is 5.11 Å². The zero-order valence-corrected chi connectivity index (χ0v) is 14.4. The summed E-state index contributed by atoms with van der Waals surface area (Å²) >= 11 is 6.84. The van der Waals surface area contributed by atoms with Crippen LogP contribution in [0.3, 0.4) is 0 Å². The molecule has 2 fully saturated rings. The van der Waals surface area contributed by atoms with Crippen LogP contribution in [0.4, 0.5) is 5.13 Å². The van der Waals surface area contributed by atoms with E-state index in [1.807, 2.05) is 16.5 Å². The Labute approximate surface area is 139 Å². The highest BCUT2D eigenvalue weighted by atomic mass is 32.1. The SMILES string of the molecule is CCC(=O)N(c1nn(CN2CCC(O)CC2)c(=S)s1)C1CC1. The number of rotatable bonds is 5. The molecule has 0 bridgehead atoms. The van der Waals surface area contributed by atoms with Crippen molar-refractivity contribution in [3.8, 4) is 0 Å². The van der Waals surface area contributed by atoms with E-state index in [1.54, 1.807) is 0 Å². The number of nitrogens with zero attached hydrogens (tertiary/aromatic N) is 4. The standard InChI is InChI=1S/C14H22N4O2S2/c1-2-12(20)18(10-3-4-10)13-15-17(14(21)22-13)9-16-7-5-11(19)6-8-16/h10-11,19H,2-9H2,1H3. The van der Waals surface area contributed by atoms with Gasteiger partial charge in [-0.1, -0.05) is 18.3 Å². The lowest BCUT2D eigenvalue weighted by molar-refractivity contribution is -0.118. The normalized spacial score (nSPS) is 20.3. The molecule has 6 nitrogen and oxygen atoms in total. The van der Waals surface area contributed by atoms with Crippen molar-refractivity contribution in [2.45, 2.75) is 57.8 Å². The highest BCUT2D eigenvalue weighted by Gasteiger charge is 2.35. The lowest BCUT2D eigenvalue weighted by Gasteiger charge is -2.29. The van der Waals surface area contributed by atoms with Gasteiger partial charge in [-0.25, -0.2) is 4.68 Å². The van der Waals surface area contributed by atoms with Gasteiger partial charge in [0.2, 0.25) is 11.0 Å². The largest absolute Gasteiger partial charge is 0.393 e. The van der Waals surface area contributed by atoms with E-state index < -0.39 is 0 Å². The van der Waals surface area contributed by atoms with Gasteiger partial charge in [0.05, 0.1) is 12.8 Å². The molecule has 0 atom stereocenters. The molecule has 3 rings (SSSR count). The Morgan fingerprint density at radius 1 is 1.41 bits per heavy atom. The van der Waals surface area contributed by atoms with Crippen LogP contribution in [-0.2, 0) is 11.5 Å². The molecular formula is C14H22N4O2S2. The summed E-state index contributed by atoms with van der Waals surface area (Å²) in [7, 11) is 0. The summed E-state index contributed by atoms with van der Waals surface area (Å²) in [5.41, 5.74) is 0. The molecule has 1 saturated heterocycles. The molecule has 2 aliphatic rings. The van der Waals surface area contributed by atoms with Gasteiger partial charge in [0.25, 0.3) is 0 Å². The maximum Gasteiger partial charge on any atom is 0.228 e. The van der Waals surface area contributed by atoms with Crippen LogP contribution in [-0.4, -0.2) is 50.9 Å². The third-order valence-corrected chi connectivity index (χ3v) is 5.48. The van der Waals surface area contributed by atoms with Crippen LogP contribution in [0.2, 0.25) is 0 Å². The zero-order valence-electron chi connectivity index (χ0n) is 12.8. The first-order valence-corrected chi connectivity index (χ1v) is 9.11. The van der Waals surface area contributed by atoms with Crippen LogP contribution >= 0.6 is 23.6 Å². The van der Waals surface area contributed by atoms with Crippen molar-refractivity contribution in [3.05, 3.63) is 3.95 Å². The first kappa shape index (κ1) is 16.0. The summed E-state index contributed by atoms with van der Waals surface area (Å²) in [6, 6.07) is 0.312. The second kappa shape index (κ2) is 6.74. The molecule has 22 heavy (non-hydrogen) atoms. The molecule has 2 heterocycles. The number of hydrogen-bond donors (Lipinski definition) is 1. The molecule has 1 N–H and O–H groups in total. The number of aliphatic hydroxyl groups is 1. The molecule has 1 aromatic heterocycles. The highest BCUT2D eigenvalue weighted by Crippen LogP contribution is 2.33. The topological polar surface area (TPSA) is 61.6 Å². The Morgan fingerprint density at radius 3 is 2.68 bits per heavy atom. The van der Waals surface area contributed by atoms with Crippen LogP contribution in [0.25, 0.3) is 0 Å². The van der Waals surface area contributed by atoms with Crippen molar-refractivity contribution in [3.63, 3.8) is 0 Å². The molecule has 0 spiro atoms. The zero-order chi connectivity index (χ0) is 15.7. The van der Waals surface area contributed by atoms with E-state index in [1.165, 1.54) is 11.3 Å². The molecule has 8 heteroatoms. The monoisotopic (exact) mass is 342 g/mol. The predicted molar refractivity (Wildman–Crippen MR) is 88.6 cm³/mol. The Bertz CT molecular complexity index is 588. The van der Waals surface area contributed by atoms with Crippen LogP contribution in [0, 0.1) is 3.95 Å². The average molecular weight is 342 g/mol. The van der Waals surface area contributed by atoms with Gasteiger partial charge in [0.15, 0.2) is 3.95 Å². The third kappa shape index (κ3) is 3.56. The highest BCUT2D eigenvalue weighted by molar-refractivity contribution is 7.73. The number of anilines is 1. The number of amides is 1. The Hall–Kier alpha value is -0.830. The van der Waals surface area contributed by atoms with Crippen molar-refractivity contribution < 1.29 is 9.90 Å². The molecule has 1 saturated carbocycles. The maximum atomic E-state index is 12.2. The van der Waals surface area contributed by atoms with E-state index in [0.29, 0.717) is 23.1 Å². The minimum absolute atomic E-state index is 0.125. The van der Waals surface area contributed by atoms with Crippen molar-refractivity contribution in [1.29, 1.82) is 0 Å². The molecule has 0 radical (unpaired) electrons. The summed E-state index contributed by atoms with van der Waals surface area (Å²) in [4.78, 5) is 16.2. The number of hydrogen-bond acceptors (Lipinski definition) is 6. The van der Waals surface area contributed by atoms with Gasteiger partial charge in [-0.3, -0.25) is 14.6 Å². The number of aliphatic hydroxyl groups excluding tert-OH is 1. The summed E-state index contributed by atoms with van der Waals surface area (Å²) in [5, 5.41) is 14.9. The summed E-state index contributed by atoms with van der Waals surface area (Å²) in [6.07, 6.45) is 4.03. The van der Waals surface area contributed by atoms with Gasteiger partial charge in [0.1, 0.15) is 0 Å². The minimum atomic E-state index is -0.178. The Morgan fingerprint density at radius 2 is 2.09 bits per heavy atom. The van der Waals surface area contributed by atoms with Crippen molar-refractivity contribution in [1.82, 2.24) is 14.7 Å². The molecule has 1 aliphatic heterocycles. The first-order valence-electron chi connectivity index (χ1n) is 7.89. The van der Waals surface area contributed by atoms with Crippen molar-refractivity contribution in [2.24, 2.45) is 0 Å². The molecule has 1 amide bonds. The molecule has 0 aromatic carbocycles. The summed E-state index contributed by atoms with van der Waals surface area (Å²) < 4.78 is 2.52. The van der Waals surface area contributed by atoms with Gasteiger partial charge in [-0.05, 0) is 37.9 Å². The molecule has 122 valence electrons. The first-order chi connectivity index (χ1) is 10.6.